The van der Waals surface area contributed by atoms with Crippen molar-refractivity contribution >= 4 is 11.6 Å². The molecule has 1 heterocycles. The average Bonchev–Trinajstić information content (AvgIpc) is 2.55. The van der Waals surface area contributed by atoms with Crippen molar-refractivity contribution in [1.29, 1.82) is 0 Å². The standard InChI is InChI=1S/C21H36N2O3/c1-7-9-12-25-19-11-10-18(15-22-19)23-20(24)21(26-8-2,13-16(3)4)14-17(5)6/h10-11,15-17H,7-9,12-14H2,1-6H3,(H,23,24). The highest BCUT2D eigenvalue weighted by Gasteiger charge is 2.40. The average molecular weight is 365 g/mol. The minimum absolute atomic E-state index is 0.0943. The van der Waals surface area contributed by atoms with E-state index >= 15 is 0 Å². The zero-order chi connectivity index (χ0) is 19.6. The van der Waals surface area contributed by atoms with Gasteiger partial charge in [0.1, 0.15) is 5.60 Å². The number of nitrogens with zero attached hydrogens (tertiary/aromatic N) is 1. The second-order valence-corrected chi connectivity index (χ2v) is 7.66. The predicted molar refractivity (Wildman–Crippen MR) is 107 cm³/mol. The Morgan fingerprint density at radius 3 is 2.27 bits per heavy atom. The zero-order valence-electron chi connectivity index (χ0n) is 17.3. The third-order valence-electron chi connectivity index (χ3n) is 4.05. The molecule has 0 aliphatic rings. The predicted octanol–water partition coefficient (Wildman–Crippen LogP) is 5.07. The van der Waals surface area contributed by atoms with Crippen LogP contribution in [0.2, 0.25) is 0 Å². The molecule has 0 saturated carbocycles. The quantitative estimate of drug-likeness (QED) is 0.526. The third-order valence-corrected chi connectivity index (χ3v) is 4.05. The minimum atomic E-state index is -0.812. The molecule has 0 aliphatic heterocycles. The topological polar surface area (TPSA) is 60.5 Å². The Morgan fingerprint density at radius 1 is 1.15 bits per heavy atom. The van der Waals surface area contributed by atoms with E-state index in [1.54, 1.807) is 12.3 Å². The molecule has 1 aromatic rings. The molecule has 0 radical (unpaired) electrons. The molecule has 1 aromatic heterocycles. The Bertz CT molecular complexity index is 517. The largest absolute Gasteiger partial charge is 0.478 e. The molecular weight excluding hydrogens is 328 g/mol. The number of aromatic nitrogens is 1. The molecule has 0 atom stereocenters. The minimum Gasteiger partial charge on any atom is -0.478 e. The molecule has 0 unspecified atom stereocenters. The summed E-state index contributed by atoms with van der Waals surface area (Å²) in [5.41, 5.74) is -0.151. The van der Waals surface area contributed by atoms with Gasteiger partial charge in [-0.05, 0) is 44.1 Å². The summed E-state index contributed by atoms with van der Waals surface area (Å²) >= 11 is 0. The number of unbranched alkanes of at least 4 members (excludes halogenated alkanes) is 1. The smallest absolute Gasteiger partial charge is 0.256 e. The van der Waals surface area contributed by atoms with E-state index < -0.39 is 5.60 Å². The third kappa shape index (κ3) is 7.32. The fourth-order valence-electron chi connectivity index (χ4n) is 3.15. The van der Waals surface area contributed by atoms with Crippen LogP contribution in [-0.4, -0.2) is 29.7 Å². The van der Waals surface area contributed by atoms with Gasteiger partial charge >= 0.3 is 0 Å². The van der Waals surface area contributed by atoms with Gasteiger partial charge in [-0.3, -0.25) is 4.79 Å². The van der Waals surface area contributed by atoms with Crippen molar-refractivity contribution in [3.05, 3.63) is 18.3 Å². The summed E-state index contributed by atoms with van der Waals surface area (Å²) < 4.78 is 11.6. The Hall–Kier alpha value is -1.62. The van der Waals surface area contributed by atoms with Crippen molar-refractivity contribution < 1.29 is 14.3 Å². The number of ether oxygens (including phenoxy) is 2. The van der Waals surface area contributed by atoms with E-state index in [-0.39, 0.29) is 5.91 Å². The van der Waals surface area contributed by atoms with Crippen molar-refractivity contribution in [2.75, 3.05) is 18.5 Å². The highest BCUT2D eigenvalue weighted by atomic mass is 16.5. The number of carbonyl (C=O) groups excluding carboxylic acids is 1. The molecule has 0 bridgehead atoms. The lowest BCUT2D eigenvalue weighted by atomic mass is 9.83. The molecule has 5 heteroatoms. The first-order chi connectivity index (χ1) is 12.3. The first-order valence-corrected chi connectivity index (χ1v) is 9.87. The van der Waals surface area contributed by atoms with Crippen molar-refractivity contribution in [3.63, 3.8) is 0 Å². The van der Waals surface area contributed by atoms with Gasteiger partial charge in [0.2, 0.25) is 5.88 Å². The van der Waals surface area contributed by atoms with Crippen molar-refractivity contribution in [2.45, 2.75) is 72.8 Å². The van der Waals surface area contributed by atoms with Crippen molar-refractivity contribution in [2.24, 2.45) is 11.8 Å². The van der Waals surface area contributed by atoms with Gasteiger partial charge < -0.3 is 14.8 Å². The number of hydrogen-bond donors (Lipinski definition) is 1. The maximum absolute atomic E-state index is 13.1. The maximum Gasteiger partial charge on any atom is 0.256 e. The fourth-order valence-corrected chi connectivity index (χ4v) is 3.15. The highest BCUT2D eigenvalue weighted by Crippen LogP contribution is 2.30. The Morgan fingerprint density at radius 2 is 1.81 bits per heavy atom. The summed E-state index contributed by atoms with van der Waals surface area (Å²) in [5, 5.41) is 2.99. The summed E-state index contributed by atoms with van der Waals surface area (Å²) in [6, 6.07) is 3.62. The number of carbonyl (C=O) groups is 1. The van der Waals surface area contributed by atoms with Gasteiger partial charge in [0.15, 0.2) is 0 Å². The molecule has 0 fully saturated rings. The molecule has 1 rings (SSSR count). The second kappa shape index (κ2) is 11.2. The van der Waals surface area contributed by atoms with Gasteiger partial charge in [-0.25, -0.2) is 4.98 Å². The molecule has 0 aromatic carbocycles. The van der Waals surface area contributed by atoms with Crippen LogP contribution in [0.1, 0.15) is 67.2 Å². The van der Waals surface area contributed by atoms with Crippen LogP contribution in [0.25, 0.3) is 0 Å². The van der Waals surface area contributed by atoms with Gasteiger partial charge in [-0.1, -0.05) is 41.0 Å². The van der Waals surface area contributed by atoms with Crippen LogP contribution in [0.4, 0.5) is 5.69 Å². The SMILES string of the molecule is CCCCOc1ccc(NC(=O)C(CC(C)C)(CC(C)C)OCC)cn1. The lowest BCUT2D eigenvalue weighted by Gasteiger charge is -2.35. The van der Waals surface area contributed by atoms with Gasteiger partial charge in [0.25, 0.3) is 5.91 Å². The Labute approximate surface area is 158 Å². The molecule has 0 aliphatic carbocycles. The Kier molecular flexibility index (Phi) is 9.63. The second-order valence-electron chi connectivity index (χ2n) is 7.66. The summed E-state index contributed by atoms with van der Waals surface area (Å²) in [7, 11) is 0. The molecule has 5 nitrogen and oxygen atoms in total. The van der Waals surface area contributed by atoms with Crippen LogP contribution in [-0.2, 0) is 9.53 Å². The highest BCUT2D eigenvalue weighted by molar-refractivity contribution is 5.97. The van der Waals surface area contributed by atoms with E-state index in [2.05, 4.69) is 44.9 Å². The van der Waals surface area contributed by atoms with E-state index in [0.717, 1.165) is 12.8 Å². The number of rotatable bonds is 12. The van der Waals surface area contributed by atoms with E-state index in [1.807, 2.05) is 13.0 Å². The van der Waals surface area contributed by atoms with Crippen LogP contribution in [0.15, 0.2) is 18.3 Å². The lowest BCUT2D eigenvalue weighted by Crippen LogP contribution is -2.47. The number of nitrogens with one attached hydrogen (secondary N) is 1. The van der Waals surface area contributed by atoms with Crippen LogP contribution >= 0.6 is 0 Å². The lowest BCUT2D eigenvalue weighted by molar-refractivity contribution is -0.146. The van der Waals surface area contributed by atoms with Crippen molar-refractivity contribution in [3.8, 4) is 5.88 Å². The van der Waals surface area contributed by atoms with Crippen LogP contribution < -0.4 is 10.1 Å². The van der Waals surface area contributed by atoms with Crippen molar-refractivity contribution in [1.82, 2.24) is 4.98 Å². The van der Waals surface area contributed by atoms with Gasteiger partial charge in [-0.2, -0.15) is 0 Å². The van der Waals surface area contributed by atoms with Crippen LogP contribution in [0.3, 0.4) is 0 Å². The molecular formula is C21H36N2O3. The molecule has 148 valence electrons. The van der Waals surface area contributed by atoms with Gasteiger partial charge in [-0.15, -0.1) is 0 Å². The molecule has 1 N–H and O–H groups in total. The summed E-state index contributed by atoms with van der Waals surface area (Å²) in [6.07, 6.45) is 5.11. The van der Waals surface area contributed by atoms with E-state index in [0.29, 0.717) is 49.5 Å². The normalized spacial score (nSPS) is 11.8. The number of hydrogen-bond acceptors (Lipinski definition) is 4. The summed E-state index contributed by atoms with van der Waals surface area (Å²) in [4.78, 5) is 17.4. The monoisotopic (exact) mass is 364 g/mol. The number of amides is 1. The van der Waals surface area contributed by atoms with Gasteiger partial charge in [0.05, 0.1) is 18.5 Å². The summed E-state index contributed by atoms with van der Waals surface area (Å²) in [5.74, 6) is 1.21. The van der Waals surface area contributed by atoms with Crippen LogP contribution in [0, 0.1) is 11.8 Å². The first-order valence-electron chi connectivity index (χ1n) is 9.87. The van der Waals surface area contributed by atoms with E-state index in [1.165, 1.54) is 0 Å². The zero-order valence-corrected chi connectivity index (χ0v) is 17.3. The summed E-state index contributed by atoms with van der Waals surface area (Å²) in [6.45, 7) is 13.7. The number of anilines is 1. The first kappa shape index (κ1) is 22.4. The van der Waals surface area contributed by atoms with E-state index in [4.69, 9.17) is 9.47 Å². The molecule has 26 heavy (non-hydrogen) atoms. The molecule has 1 amide bonds. The molecule has 0 spiro atoms. The molecule has 0 saturated heterocycles. The number of pyridine rings is 1. The van der Waals surface area contributed by atoms with Crippen LogP contribution in [0.5, 0.6) is 5.88 Å². The Balaban J connectivity index is 2.87. The van der Waals surface area contributed by atoms with Gasteiger partial charge in [0, 0.05) is 12.7 Å². The maximum atomic E-state index is 13.1. The van der Waals surface area contributed by atoms with E-state index in [9.17, 15) is 4.79 Å². The fraction of sp³-hybridized carbons (Fsp3) is 0.714.